The first-order chi connectivity index (χ1) is 10.6. The van der Waals surface area contributed by atoms with Crippen LogP contribution in [0.1, 0.15) is 12.0 Å². The summed E-state index contributed by atoms with van der Waals surface area (Å²) >= 11 is 0. The van der Waals surface area contributed by atoms with Crippen molar-refractivity contribution in [3.8, 4) is 0 Å². The van der Waals surface area contributed by atoms with Crippen LogP contribution >= 0.6 is 0 Å². The Balaban J connectivity index is 1.86. The molecule has 1 aromatic rings. The number of carbonyl (C=O) groups is 2. The van der Waals surface area contributed by atoms with Gasteiger partial charge in [0.2, 0.25) is 11.8 Å². The smallest absolute Gasteiger partial charge is 0.231 e. The van der Waals surface area contributed by atoms with Crippen LogP contribution < -0.4 is 11.1 Å². The molecule has 0 radical (unpaired) electrons. The third-order valence-corrected chi connectivity index (χ3v) is 3.74. The number of carbonyl (C=O) groups excluding carboxylic acids is 2. The molecule has 1 saturated heterocycles. The first-order valence-electron chi connectivity index (χ1n) is 7.68. The van der Waals surface area contributed by atoms with E-state index in [0.717, 1.165) is 31.7 Å². The monoisotopic (exact) mass is 304 g/mol. The molecule has 1 aliphatic heterocycles. The van der Waals surface area contributed by atoms with E-state index in [2.05, 4.69) is 5.32 Å². The standard InChI is InChI=1S/C16H24N4O2/c17-15(21)13-19(12-14-4-2-1-3-5-14)9-6-16(22)20-10-7-18-8-11-20/h1-5,18H,6-13H2,(H2,17,21). The summed E-state index contributed by atoms with van der Waals surface area (Å²) in [6, 6.07) is 9.89. The van der Waals surface area contributed by atoms with E-state index >= 15 is 0 Å². The summed E-state index contributed by atoms with van der Waals surface area (Å²) in [7, 11) is 0. The van der Waals surface area contributed by atoms with Crippen LogP contribution in [0.25, 0.3) is 0 Å². The second-order valence-corrected chi connectivity index (χ2v) is 5.54. The van der Waals surface area contributed by atoms with Crippen LogP contribution in [-0.4, -0.2) is 60.9 Å². The van der Waals surface area contributed by atoms with E-state index in [9.17, 15) is 9.59 Å². The molecule has 0 unspecified atom stereocenters. The average Bonchev–Trinajstić information content (AvgIpc) is 2.53. The molecule has 0 atom stereocenters. The molecule has 6 heteroatoms. The largest absolute Gasteiger partial charge is 0.369 e. The van der Waals surface area contributed by atoms with Crippen molar-refractivity contribution in [2.75, 3.05) is 39.3 Å². The molecule has 1 fully saturated rings. The molecule has 120 valence electrons. The van der Waals surface area contributed by atoms with Gasteiger partial charge in [-0.25, -0.2) is 0 Å². The average molecular weight is 304 g/mol. The normalized spacial score (nSPS) is 15.0. The Morgan fingerprint density at radius 3 is 2.50 bits per heavy atom. The molecule has 2 rings (SSSR count). The summed E-state index contributed by atoms with van der Waals surface area (Å²) in [6.07, 6.45) is 0.417. The second kappa shape index (κ2) is 8.51. The molecule has 0 aliphatic carbocycles. The van der Waals surface area contributed by atoms with Crippen molar-refractivity contribution >= 4 is 11.8 Å². The summed E-state index contributed by atoms with van der Waals surface area (Å²) in [5.74, 6) is -0.227. The molecule has 3 N–H and O–H groups in total. The van der Waals surface area contributed by atoms with E-state index in [-0.39, 0.29) is 18.4 Å². The molecular formula is C16H24N4O2. The fourth-order valence-corrected chi connectivity index (χ4v) is 2.60. The van der Waals surface area contributed by atoms with Gasteiger partial charge in [-0.2, -0.15) is 0 Å². The zero-order valence-electron chi connectivity index (χ0n) is 12.8. The molecule has 0 spiro atoms. The van der Waals surface area contributed by atoms with Gasteiger partial charge in [0.05, 0.1) is 6.54 Å². The van der Waals surface area contributed by atoms with E-state index < -0.39 is 0 Å². The minimum atomic E-state index is -0.370. The lowest BCUT2D eigenvalue weighted by atomic mass is 10.2. The highest BCUT2D eigenvalue weighted by Gasteiger charge is 2.17. The first kappa shape index (κ1) is 16.5. The molecule has 0 bridgehead atoms. The van der Waals surface area contributed by atoms with Gasteiger partial charge in [0.15, 0.2) is 0 Å². The minimum absolute atomic E-state index is 0.143. The lowest BCUT2D eigenvalue weighted by Crippen LogP contribution is -2.47. The van der Waals surface area contributed by atoms with Crippen LogP contribution in [0.15, 0.2) is 30.3 Å². The van der Waals surface area contributed by atoms with Crippen LogP contribution in [0.4, 0.5) is 0 Å². The van der Waals surface area contributed by atoms with Crippen LogP contribution in [0.5, 0.6) is 0 Å². The molecule has 22 heavy (non-hydrogen) atoms. The van der Waals surface area contributed by atoms with Gasteiger partial charge >= 0.3 is 0 Å². The van der Waals surface area contributed by atoms with Gasteiger partial charge in [0.25, 0.3) is 0 Å². The van der Waals surface area contributed by atoms with Crippen molar-refractivity contribution in [3.05, 3.63) is 35.9 Å². The van der Waals surface area contributed by atoms with Crippen LogP contribution in [-0.2, 0) is 16.1 Å². The lowest BCUT2D eigenvalue weighted by Gasteiger charge is -2.28. The highest BCUT2D eigenvalue weighted by molar-refractivity contribution is 5.77. The Morgan fingerprint density at radius 1 is 1.18 bits per heavy atom. The van der Waals surface area contributed by atoms with E-state index in [4.69, 9.17) is 5.73 Å². The van der Waals surface area contributed by atoms with E-state index in [1.165, 1.54) is 0 Å². The van der Waals surface area contributed by atoms with E-state index in [1.54, 1.807) is 0 Å². The van der Waals surface area contributed by atoms with Crippen LogP contribution in [0.3, 0.4) is 0 Å². The van der Waals surface area contributed by atoms with Gasteiger partial charge in [0.1, 0.15) is 0 Å². The summed E-state index contributed by atoms with van der Waals surface area (Å²) in [5, 5.41) is 3.23. The van der Waals surface area contributed by atoms with Gasteiger partial charge < -0.3 is 16.0 Å². The fourth-order valence-electron chi connectivity index (χ4n) is 2.60. The minimum Gasteiger partial charge on any atom is -0.369 e. The van der Waals surface area contributed by atoms with Crippen molar-refractivity contribution in [1.82, 2.24) is 15.1 Å². The maximum atomic E-state index is 12.2. The van der Waals surface area contributed by atoms with Crippen molar-refractivity contribution in [2.24, 2.45) is 5.73 Å². The maximum absolute atomic E-state index is 12.2. The topological polar surface area (TPSA) is 78.7 Å². The number of primary amides is 1. The number of amides is 2. The third-order valence-electron chi connectivity index (χ3n) is 3.74. The summed E-state index contributed by atoms with van der Waals surface area (Å²) < 4.78 is 0. The predicted molar refractivity (Wildman–Crippen MR) is 85.0 cm³/mol. The number of benzene rings is 1. The second-order valence-electron chi connectivity index (χ2n) is 5.54. The van der Waals surface area contributed by atoms with Crippen molar-refractivity contribution in [2.45, 2.75) is 13.0 Å². The number of nitrogens with zero attached hydrogens (tertiary/aromatic N) is 2. The van der Waals surface area contributed by atoms with Gasteiger partial charge in [-0.1, -0.05) is 30.3 Å². The zero-order valence-corrected chi connectivity index (χ0v) is 12.8. The van der Waals surface area contributed by atoms with Crippen molar-refractivity contribution in [3.63, 3.8) is 0 Å². The third kappa shape index (κ3) is 5.46. The Morgan fingerprint density at radius 2 is 1.86 bits per heavy atom. The Labute approximate surface area is 131 Å². The summed E-state index contributed by atoms with van der Waals surface area (Å²) in [6.45, 7) is 4.55. The Hall–Kier alpha value is -1.92. The van der Waals surface area contributed by atoms with Gasteiger partial charge in [-0.3, -0.25) is 14.5 Å². The number of nitrogens with one attached hydrogen (secondary N) is 1. The maximum Gasteiger partial charge on any atom is 0.231 e. The molecule has 2 amide bonds. The number of piperazine rings is 1. The number of hydrogen-bond acceptors (Lipinski definition) is 4. The summed E-state index contributed by atoms with van der Waals surface area (Å²) in [5.41, 5.74) is 6.42. The van der Waals surface area contributed by atoms with Gasteiger partial charge in [-0.15, -0.1) is 0 Å². The number of hydrogen-bond donors (Lipinski definition) is 2. The quantitative estimate of drug-likeness (QED) is 0.731. The number of rotatable bonds is 7. The van der Waals surface area contributed by atoms with Gasteiger partial charge in [0, 0.05) is 45.7 Å². The molecule has 6 nitrogen and oxygen atoms in total. The SMILES string of the molecule is NC(=O)CN(CCC(=O)N1CCNCC1)Cc1ccccc1. The first-order valence-corrected chi connectivity index (χ1v) is 7.68. The molecule has 0 aromatic heterocycles. The highest BCUT2D eigenvalue weighted by atomic mass is 16.2. The van der Waals surface area contributed by atoms with E-state index in [1.807, 2.05) is 40.1 Å². The lowest BCUT2D eigenvalue weighted by molar-refractivity contribution is -0.132. The molecule has 0 saturated carbocycles. The molecule has 1 aliphatic rings. The molecule has 1 aromatic carbocycles. The molecular weight excluding hydrogens is 280 g/mol. The highest BCUT2D eigenvalue weighted by Crippen LogP contribution is 2.06. The van der Waals surface area contributed by atoms with Crippen molar-refractivity contribution in [1.29, 1.82) is 0 Å². The fraction of sp³-hybridized carbons (Fsp3) is 0.500. The van der Waals surface area contributed by atoms with E-state index in [0.29, 0.717) is 19.5 Å². The summed E-state index contributed by atoms with van der Waals surface area (Å²) in [4.78, 5) is 27.2. The van der Waals surface area contributed by atoms with Crippen LogP contribution in [0, 0.1) is 0 Å². The Kier molecular flexibility index (Phi) is 6.36. The van der Waals surface area contributed by atoms with Gasteiger partial charge in [-0.05, 0) is 5.56 Å². The number of nitrogens with two attached hydrogens (primary N) is 1. The molecule has 1 heterocycles. The predicted octanol–water partition coefficient (Wildman–Crippen LogP) is -0.204. The zero-order chi connectivity index (χ0) is 15.8. The Bertz CT molecular complexity index is 486. The van der Waals surface area contributed by atoms with Crippen molar-refractivity contribution < 1.29 is 9.59 Å². The van der Waals surface area contributed by atoms with Crippen LogP contribution in [0.2, 0.25) is 0 Å².